The summed E-state index contributed by atoms with van der Waals surface area (Å²) in [5.41, 5.74) is 1.19. The molecule has 0 atom stereocenters. The van der Waals surface area contributed by atoms with Gasteiger partial charge < -0.3 is 15.0 Å². The minimum absolute atomic E-state index is 0.0111. The molecule has 1 fully saturated rings. The van der Waals surface area contributed by atoms with Crippen LogP contribution in [0.25, 0.3) is 0 Å². The van der Waals surface area contributed by atoms with Gasteiger partial charge in [0.2, 0.25) is 0 Å². The average Bonchev–Trinajstić information content (AvgIpc) is 2.48. The fraction of sp³-hybridized carbons (Fsp3) is 0.500. The van der Waals surface area contributed by atoms with Gasteiger partial charge in [-0.25, -0.2) is 4.79 Å². The second-order valence-electron chi connectivity index (χ2n) is 4.63. The predicted octanol–water partition coefficient (Wildman–Crippen LogP) is 1.15. The maximum atomic E-state index is 11.5. The molecule has 104 valence electrons. The van der Waals surface area contributed by atoms with E-state index in [2.05, 4.69) is 16.3 Å². The Bertz CT molecular complexity index is 428. The number of piperazine rings is 1. The molecule has 5 nitrogen and oxygen atoms in total. The van der Waals surface area contributed by atoms with Gasteiger partial charge in [-0.05, 0) is 6.07 Å². The van der Waals surface area contributed by atoms with Crippen LogP contribution in [-0.4, -0.2) is 56.2 Å². The van der Waals surface area contributed by atoms with Gasteiger partial charge in [-0.3, -0.25) is 4.90 Å². The number of amides is 2. The molecule has 0 aromatic heterocycles. The average molecular weight is 263 g/mol. The molecule has 1 aromatic carbocycles. The lowest BCUT2D eigenvalue weighted by molar-refractivity contribution is 0.136. The zero-order chi connectivity index (χ0) is 13.7. The minimum atomic E-state index is 0.0111. The van der Waals surface area contributed by atoms with E-state index < -0.39 is 0 Å². The fourth-order valence-corrected chi connectivity index (χ4v) is 2.34. The summed E-state index contributed by atoms with van der Waals surface area (Å²) in [6.07, 6.45) is 0. The highest BCUT2D eigenvalue weighted by Crippen LogP contribution is 2.19. The van der Waals surface area contributed by atoms with Crippen molar-refractivity contribution in [3.05, 3.63) is 29.8 Å². The summed E-state index contributed by atoms with van der Waals surface area (Å²) in [5.74, 6) is 0.927. The standard InChI is InChI=1S/C14H21N3O2/c1-15-14(18)17-9-7-16(8-10-17)11-12-5-3-4-6-13(12)19-2/h3-6H,7-11H2,1-2H3,(H,15,18). The van der Waals surface area contributed by atoms with Gasteiger partial charge in [-0.2, -0.15) is 0 Å². The number of nitrogens with zero attached hydrogens (tertiary/aromatic N) is 2. The molecular formula is C14H21N3O2. The Morgan fingerprint density at radius 1 is 1.26 bits per heavy atom. The van der Waals surface area contributed by atoms with Crippen LogP contribution in [0.3, 0.4) is 0 Å². The van der Waals surface area contributed by atoms with Crippen molar-refractivity contribution in [3.63, 3.8) is 0 Å². The fourth-order valence-electron chi connectivity index (χ4n) is 2.34. The second-order valence-corrected chi connectivity index (χ2v) is 4.63. The molecular weight excluding hydrogens is 242 g/mol. The van der Waals surface area contributed by atoms with E-state index in [4.69, 9.17) is 4.74 Å². The quantitative estimate of drug-likeness (QED) is 0.890. The van der Waals surface area contributed by atoms with Crippen LogP contribution in [0.2, 0.25) is 0 Å². The first-order valence-corrected chi connectivity index (χ1v) is 6.55. The third kappa shape index (κ3) is 3.38. The van der Waals surface area contributed by atoms with Crippen LogP contribution < -0.4 is 10.1 Å². The highest BCUT2D eigenvalue weighted by atomic mass is 16.5. The van der Waals surface area contributed by atoms with Crippen molar-refractivity contribution in [3.8, 4) is 5.75 Å². The van der Waals surface area contributed by atoms with Gasteiger partial charge in [0.25, 0.3) is 0 Å². The summed E-state index contributed by atoms with van der Waals surface area (Å²) in [6.45, 7) is 4.20. The Morgan fingerprint density at radius 3 is 2.58 bits per heavy atom. The smallest absolute Gasteiger partial charge is 0.317 e. The van der Waals surface area contributed by atoms with E-state index in [9.17, 15) is 4.79 Å². The lowest BCUT2D eigenvalue weighted by atomic mass is 10.1. The van der Waals surface area contributed by atoms with Crippen molar-refractivity contribution in [2.45, 2.75) is 6.54 Å². The number of carbonyl (C=O) groups is 1. The highest BCUT2D eigenvalue weighted by Gasteiger charge is 2.20. The third-order valence-electron chi connectivity index (χ3n) is 3.46. The summed E-state index contributed by atoms with van der Waals surface area (Å²) in [6, 6.07) is 8.09. The molecule has 1 N–H and O–H groups in total. The Morgan fingerprint density at radius 2 is 1.95 bits per heavy atom. The Kier molecular flexibility index (Phi) is 4.63. The number of hydrogen-bond donors (Lipinski definition) is 1. The van der Waals surface area contributed by atoms with Crippen molar-refractivity contribution in [1.29, 1.82) is 0 Å². The number of ether oxygens (including phenoxy) is 1. The molecule has 19 heavy (non-hydrogen) atoms. The Hall–Kier alpha value is -1.75. The molecule has 0 saturated carbocycles. The van der Waals surface area contributed by atoms with E-state index in [1.807, 2.05) is 23.1 Å². The van der Waals surface area contributed by atoms with Crippen molar-refractivity contribution < 1.29 is 9.53 Å². The van der Waals surface area contributed by atoms with Gasteiger partial charge in [0.15, 0.2) is 0 Å². The topological polar surface area (TPSA) is 44.8 Å². The van der Waals surface area contributed by atoms with Crippen molar-refractivity contribution in [2.24, 2.45) is 0 Å². The summed E-state index contributed by atoms with van der Waals surface area (Å²) in [7, 11) is 3.37. The molecule has 1 aliphatic rings. The van der Waals surface area contributed by atoms with E-state index in [1.54, 1.807) is 14.2 Å². The first-order valence-electron chi connectivity index (χ1n) is 6.55. The normalized spacial score (nSPS) is 16.2. The maximum absolute atomic E-state index is 11.5. The van der Waals surface area contributed by atoms with Gasteiger partial charge in [-0.15, -0.1) is 0 Å². The van der Waals surface area contributed by atoms with Crippen LogP contribution in [0.1, 0.15) is 5.56 Å². The number of rotatable bonds is 3. The Labute approximate surface area is 114 Å². The second kappa shape index (κ2) is 6.43. The van der Waals surface area contributed by atoms with Gasteiger partial charge in [0.1, 0.15) is 5.75 Å². The zero-order valence-electron chi connectivity index (χ0n) is 11.6. The number of methoxy groups -OCH3 is 1. The summed E-state index contributed by atoms with van der Waals surface area (Å²) in [5, 5.41) is 2.67. The number of benzene rings is 1. The van der Waals surface area contributed by atoms with Crippen LogP contribution in [-0.2, 0) is 6.54 Å². The molecule has 0 bridgehead atoms. The van der Waals surface area contributed by atoms with Gasteiger partial charge in [0.05, 0.1) is 7.11 Å². The van der Waals surface area contributed by atoms with Crippen LogP contribution in [0, 0.1) is 0 Å². The minimum Gasteiger partial charge on any atom is -0.496 e. The van der Waals surface area contributed by atoms with Crippen LogP contribution in [0.15, 0.2) is 24.3 Å². The zero-order valence-corrected chi connectivity index (χ0v) is 11.6. The van der Waals surface area contributed by atoms with E-state index in [0.717, 1.165) is 38.5 Å². The number of carbonyl (C=O) groups excluding carboxylic acids is 1. The van der Waals surface area contributed by atoms with E-state index in [-0.39, 0.29) is 6.03 Å². The van der Waals surface area contributed by atoms with Crippen molar-refractivity contribution >= 4 is 6.03 Å². The van der Waals surface area contributed by atoms with E-state index >= 15 is 0 Å². The first kappa shape index (κ1) is 13.7. The van der Waals surface area contributed by atoms with Crippen molar-refractivity contribution in [1.82, 2.24) is 15.1 Å². The molecule has 1 heterocycles. The molecule has 0 radical (unpaired) electrons. The van der Waals surface area contributed by atoms with Crippen LogP contribution in [0.5, 0.6) is 5.75 Å². The molecule has 5 heteroatoms. The third-order valence-corrected chi connectivity index (χ3v) is 3.46. The first-order chi connectivity index (χ1) is 9.24. The summed E-state index contributed by atoms with van der Waals surface area (Å²) >= 11 is 0. The number of hydrogen-bond acceptors (Lipinski definition) is 3. The summed E-state index contributed by atoms with van der Waals surface area (Å²) < 4.78 is 5.36. The molecule has 2 amide bonds. The lowest BCUT2D eigenvalue weighted by Gasteiger charge is -2.34. The van der Waals surface area contributed by atoms with Gasteiger partial charge in [0, 0.05) is 45.3 Å². The molecule has 1 saturated heterocycles. The summed E-state index contributed by atoms with van der Waals surface area (Å²) in [4.78, 5) is 15.7. The number of nitrogens with one attached hydrogen (secondary N) is 1. The molecule has 0 spiro atoms. The lowest BCUT2D eigenvalue weighted by Crippen LogP contribution is -2.50. The number of urea groups is 1. The van der Waals surface area contributed by atoms with Gasteiger partial charge in [-0.1, -0.05) is 18.2 Å². The van der Waals surface area contributed by atoms with E-state index in [1.165, 1.54) is 5.56 Å². The maximum Gasteiger partial charge on any atom is 0.317 e. The van der Waals surface area contributed by atoms with Crippen molar-refractivity contribution in [2.75, 3.05) is 40.3 Å². The largest absolute Gasteiger partial charge is 0.496 e. The number of para-hydroxylation sites is 1. The van der Waals surface area contributed by atoms with Crippen LogP contribution >= 0.6 is 0 Å². The molecule has 1 aromatic rings. The Balaban J connectivity index is 1.90. The molecule has 0 unspecified atom stereocenters. The van der Waals surface area contributed by atoms with Gasteiger partial charge >= 0.3 is 6.03 Å². The van der Waals surface area contributed by atoms with E-state index in [0.29, 0.717) is 0 Å². The van der Waals surface area contributed by atoms with Crippen LogP contribution in [0.4, 0.5) is 4.79 Å². The molecule has 2 rings (SSSR count). The monoisotopic (exact) mass is 263 g/mol. The SMILES string of the molecule is CNC(=O)N1CCN(Cc2ccccc2OC)CC1. The predicted molar refractivity (Wildman–Crippen MR) is 74.3 cm³/mol. The molecule has 0 aliphatic carbocycles. The highest BCUT2D eigenvalue weighted by molar-refractivity contribution is 5.73. The molecule has 1 aliphatic heterocycles.